The molecule has 1 N–H and O–H groups in total. The number of nitrogens with zero attached hydrogens (tertiary/aromatic N) is 2. The van der Waals surface area contributed by atoms with Gasteiger partial charge in [-0.15, -0.1) is 0 Å². The first-order valence-corrected chi connectivity index (χ1v) is 6.00. The van der Waals surface area contributed by atoms with Crippen molar-refractivity contribution in [2.75, 3.05) is 5.32 Å². The molecule has 18 heavy (non-hydrogen) atoms. The highest BCUT2D eigenvalue weighted by Gasteiger charge is 2.37. The number of carbonyl (C=O) groups is 1. The van der Waals surface area contributed by atoms with Crippen molar-refractivity contribution in [1.82, 2.24) is 9.97 Å². The fraction of sp³-hybridized carbons (Fsp3) is 0.545. The SMILES string of the molecule is O=C(Nc1cncc(Cl)n1)C1CCC(F)(F)CC1. The zero-order valence-corrected chi connectivity index (χ0v) is 10.3. The fourth-order valence-electron chi connectivity index (χ4n) is 1.93. The highest BCUT2D eigenvalue weighted by molar-refractivity contribution is 6.29. The average Bonchev–Trinajstić information content (AvgIpc) is 2.28. The number of alkyl halides is 2. The van der Waals surface area contributed by atoms with Gasteiger partial charge in [0, 0.05) is 18.8 Å². The van der Waals surface area contributed by atoms with E-state index in [0.717, 1.165) is 0 Å². The summed E-state index contributed by atoms with van der Waals surface area (Å²) in [6.45, 7) is 0. The molecule has 0 aromatic carbocycles. The fourth-order valence-corrected chi connectivity index (χ4v) is 2.08. The van der Waals surface area contributed by atoms with E-state index in [4.69, 9.17) is 11.6 Å². The summed E-state index contributed by atoms with van der Waals surface area (Å²) < 4.78 is 25.9. The van der Waals surface area contributed by atoms with Crippen molar-refractivity contribution < 1.29 is 13.6 Å². The molecule has 7 heteroatoms. The Bertz CT molecular complexity index is 446. The molecule has 1 aliphatic carbocycles. The predicted molar refractivity (Wildman–Crippen MR) is 62.6 cm³/mol. The van der Waals surface area contributed by atoms with Crippen LogP contribution in [0.2, 0.25) is 5.15 Å². The first-order valence-electron chi connectivity index (χ1n) is 5.62. The molecule has 0 unspecified atom stereocenters. The Morgan fingerprint density at radius 1 is 1.39 bits per heavy atom. The van der Waals surface area contributed by atoms with Crippen LogP contribution >= 0.6 is 11.6 Å². The molecule has 0 atom stereocenters. The summed E-state index contributed by atoms with van der Waals surface area (Å²) in [5.41, 5.74) is 0. The van der Waals surface area contributed by atoms with Crippen LogP contribution in [0.4, 0.5) is 14.6 Å². The Kier molecular flexibility index (Phi) is 3.75. The predicted octanol–water partition coefficient (Wildman–Crippen LogP) is 2.89. The van der Waals surface area contributed by atoms with Crippen LogP contribution in [0.25, 0.3) is 0 Å². The minimum Gasteiger partial charge on any atom is -0.309 e. The van der Waals surface area contributed by atoms with Gasteiger partial charge in [-0.05, 0) is 12.8 Å². The molecule has 1 aliphatic rings. The Hall–Kier alpha value is -1.30. The topological polar surface area (TPSA) is 54.9 Å². The number of carbonyl (C=O) groups excluding carboxylic acids is 1. The van der Waals surface area contributed by atoms with E-state index in [0.29, 0.717) is 0 Å². The molecule has 0 aliphatic heterocycles. The standard InChI is InChI=1S/C11H12ClF2N3O/c12-8-5-15-6-9(16-8)17-10(18)7-1-3-11(13,14)4-2-7/h5-7H,1-4H2,(H,16,17,18). The van der Waals surface area contributed by atoms with Gasteiger partial charge in [0.2, 0.25) is 11.8 Å². The van der Waals surface area contributed by atoms with E-state index in [9.17, 15) is 13.6 Å². The smallest absolute Gasteiger partial charge is 0.248 e. The number of amides is 1. The molecule has 0 saturated heterocycles. The van der Waals surface area contributed by atoms with Crippen LogP contribution < -0.4 is 5.32 Å². The van der Waals surface area contributed by atoms with Gasteiger partial charge in [0.1, 0.15) is 5.15 Å². The Balaban J connectivity index is 1.93. The lowest BCUT2D eigenvalue weighted by molar-refractivity contribution is -0.124. The lowest BCUT2D eigenvalue weighted by Gasteiger charge is -2.27. The first-order chi connectivity index (χ1) is 8.46. The molecule has 98 valence electrons. The largest absolute Gasteiger partial charge is 0.309 e. The zero-order chi connectivity index (χ0) is 13.2. The van der Waals surface area contributed by atoms with Crippen molar-refractivity contribution in [2.24, 2.45) is 5.92 Å². The van der Waals surface area contributed by atoms with Crippen LogP contribution in [0.1, 0.15) is 25.7 Å². The van der Waals surface area contributed by atoms with E-state index in [-0.39, 0.29) is 42.6 Å². The normalized spacial score (nSPS) is 19.5. The van der Waals surface area contributed by atoms with Gasteiger partial charge in [0.15, 0.2) is 5.82 Å². The number of halogens is 3. The molecular formula is C11H12ClF2N3O. The van der Waals surface area contributed by atoms with Crippen molar-refractivity contribution in [2.45, 2.75) is 31.6 Å². The maximum Gasteiger partial charge on any atom is 0.248 e. The molecule has 2 rings (SSSR count). The van der Waals surface area contributed by atoms with Crippen molar-refractivity contribution in [1.29, 1.82) is 0 Å². The summed E-state index contributed by atoms with van der Waals surface area (Å²) in [6.07, 6.45) is 2.60. The third kappa shape index (κ3) is 3.35. The van der Waals surface area contributed by atoms with Crippen LogP contribution in [0.3, 0.4) is 0 Å². The third-order valence-electron chi connectivity index (χ3n) is 2.94. The number of rotatable bonds is 2. The van der Waals surface area contributed by atoms with E-state index in [1.807, 2.05) is 0 Å². The monoisotopic (exact) mass is 275 g/mol. The van der Waals surface area contributed by atoms with E-state index in [2.05, 4.69) is 15.3 Å². The van der Waals surface area contributed by atoms with E-state index < -0.39 is 11.8 Å². The summed E-state index contributed by atoms with van der Waals surface area (Å²) in [5, 5.41) is 2.71. The second-order valence-corrected chi connectivity index (χ2v) is 4.73. The Morgan fingerprint density at radius 3 is 2.67 bits per heavy atom. The number of aromatic nitrogens is 2. The molecule has 1 saturated carbocycles. The summed E-state index contributed by atoms with van der Waals surface area (Å²) in [4.78, 5) is 19.5. The third-order valence-corrected chi connectivity index (χ3v) is 3.13. The number of anilines is 1. The van der Waals surface area contributed by atoms with Crippen LogP contribution in [-0.2, 0) is 4.79 Å². The summed E-state index contributed by atoms with van der Waals surface area (Å²) in [5.74, 6) is -3.09. The zero-order valence-electron chi connectivity index (χ0n) is 9.50. The van der Waals surface area contributed by atoms with Gasteiger partial charge in [-0.2, -0.15) is 0 Å². The lowest BCUT2D eigenvalue weighted by Crippen LogP contribution is -2.32. The molecule has 0 radical (unpaired) electrons. The number of hydrogen-bond donors (Lipinski definition) is 1. The lowest BCUT2D eigenvalue weighted by atomic mass is 9.86. The van der Waals surface area contributed by atoms with Gasteiger partial charge >= 0.3 is 0 Å². The van der Waals surface area contributed by atoms with Gasteiger partial charge in [0.05, 0.1) is 12.4 Å². The molecule has 1 amide bonds. The maximum absolute atomic E-state index is 12.9. The second kappa shape index (κ2) is 5.14. The molecule has 1 aromatic rings. The molecule has 4 nitrogen and oxygen atoms in total. The van der Waals surface area contributed by atoms with E-state index in [1.54, 1.807) is 0 Å². The van der Waals surface area contributed by atoms with Gasteiger partial charge < -0.3 is 5.32 Å². The quantitative estimate of drug-likeness (QED) is 0.903. The molecular weight excluding hydrogens is 264 g/mol. The Morgan fingerprint density at radius 2 is 2.06 bits per heavy atom. The van der Waals surface area contributed by atoms with Gasteiger partial charge in [-0.25, -0.2) is 13.8 Å². The highest BCUT2D eigenvalue weighted by Crippen LogP contribution is 2.36. The van der Waals surface area contributed by atoms with Crippen molar-refractivity contribution in [3.8, 4) is 0 Å². The maximum atomic E-state index is 12.9. The van der Waals surface area contributed by atoms with Gasteiger partial charge in [-0.1, -0.05) is 11.6 Å². The van der Waals surface area contributed by atoms with Crippen LogP contribution in [0, 0.1) is 5.92 Å². The van der Waals surface area contributed by atoms with Gasteiger partial charge in [0.25, 0.3) is 0 Å². The van der Waals surface area contributed by atoms with E-state index >= 15 is 0 Å². The second-order valence-electron chi connectivity index (χ2n) is 4.35. The molecule has 1 heterocycles. The Labute approximate surface area is 108 Å². The number of hydrogen-bond acceptors (Lipinski definition) is 3. The minimum absolute atomic E-state index is 0.169. The van der Waals surface area contributed by atoms with Crippen molar-refractivity contribution >= 4 is 23.3 Å². The molecule has 0 bridgehead atoms. The molecule has 0 spiro atoms. The summed E-state index contributed by atoms with van der Waals surface area (Å²) >= 11 is 5.63. The average molecular weight is 276 g/mol. The summed E-state index contributed by atoms with van der Waals surface area (Å²) in [7, 11) is 0. The van der Waals surface area contributed by atoms with Crippen LogP contribution in [0.5, 0.6) is 0 Å². The van der Waals surface area contributed by atoms with Crippen LogP contribution in [0.15, 0.2) is 12.4 Å². The van der Waals surface area contributed by atoms with Crippen molar-refractivity contribution in [3.63, 3.8) is 0 Å². The molecule has 1 aromatic heterocycles. The minimum atomic E-state index is -2.63. The highest BCUT2D eigenvalue weighted by atomic mass is 35.5. The number of nitrogens with one attached hydrogen (secondary N) is 1. The summed E-state index contributed by atoms with van der Waals surface area (Å²) in [6, 6.07) is 0. The van der Waals surface area contributed by atoms with Crippen LogP contribution in [-0.4, -0.2) is 21.8 Å². The van der Waals surface area contributed by atoms with E-state index in [1.165, 1.54) is 12.4 Å². The van der Waals surface area contributed by atoms with Gasteiger partial charge in [-0.3, -0.25) is 9.78 Å². The first kappa shape index (κ1) is 13.1. The van der Waals surface area contributed by atoms with Crippen molar-refractivity contribution in [3.05, 3.63) is 17.5 Å². The molecule has 1 fully saturated rings.